The molecule has 0 aliphatic carbocycles. The van der Waals surface area contributed by atoms with Crippen LogP contribution in [0.5, 0.6) is 0 Å². The number of aryl methyl sites for hydroxylation is 2. The van der Waals surface area contributed by atoms with Crippen molar-refractivity contribution in [3.8, 4) is 0 Å². The van der Waals surface area contributed by atoms with Crippen molar-refractivity contribution in [1.82, 2.24) is 20.4 Å². The maximum absolute atomic E-state index is 12.4. The van der Waals surface area contributed by atoms with Crippen LogP contribution in [0, 0.1) is 19.8 Å². The number of anilines is 2. The van der Waals surface area contributed by atoms with Crippen molar-refractivity contribution in [3.63, 3.8) is 0 Å². The second kappa shape index (κ2) is 6.35. The highest BCUT2D eigenvalue weighted by molar-refractivity contribution is 7.15. The SMILES string of the molecule is Cc1ccc(N2CCCC(C(=O)Nc3nnc(C)s3)C2)nn1. The van der Waals surface area contributed by atoms with Crippen LogP contribution in [0.15, 0.2) is 12.1 Å². The zero-order valence-electron chi connectivity index (χ0n) is 12.6. The van der Waals surface area contributed by atoms with Gasteiger partial charge in [0.1, 0.15) is 5.01 Å². The molecule has 1 atom stereocenters. The molecule has 7 nitrogen and oxygen atoms in total. The van der Waals surface area contributed by atoms with Crippen molar-refractivity contribution in [2.75, 3.05) is 23.3 Å². The lowest BCUT2D eigenvalue weighted by molar-refractivity contribution is -0.120. The smallest absolute Gasteiger partial charge is 0.231 e. The highest BCUT2D eigenvalue weighted by Gasteiger charge is 2.27. The summed E-state index contributed by atoms with van der Waals surface area (Å²) in [5, 5.41) is 20.4. The summed E-state index contributed by atoms with van der Waals surface area (Å²) in [4.78, 5) is 14.5. The first kappa shape index (κ1) is 14.8. The summed E-state index contributed by atoms with van der Waals surface area (Å²) in [6.07, 6.45) is 1.84. The molecule has 0 saturated carbocycles. The van der Waals surface area contributed by atoms with Crippen LogP contribution in [0.4, 0.5) is 10.9 Å². The molecule has 116 valence electrons. The molecule has 0 aromatic carbocycles. The lowest BCUT2D eigenvalue weighted by Gasteiger charge is -2.32. The zero-order valence-corrected chi connectivity index (χ0v) is 13.4. The van der Waals surface area contributed by atoms with Crippen molar-refractivity contribution in [2.45, 2.75) is 26.7 Å². The third-order valence-corrected chi connectivity index (χ3v) is 4.41. The molecule has 0 radical (unpaired) electrons. The number of nitrogens with zero attached hydrogens (tertiary/aromatic N) is 5. The molecule has 0 spiro atoms. The lowest BCUT2D eigenvalue weighted by Crippen LogP contribution is -2.41. The topological polar surface area (TPSA) is 83.9 Å². The number of rotatable bonds is 3. The highest BCUT2D eigenvalue weighted by Crippen LogP contribution is 2.23. The quantitative estimate of drug-likeness (QED) is 0.929. The van der Waals surface area contributed by atoms with Crippen LogP contribution in [0.25, 0.3) is 0 Å². The molecule has 1 amide bonds. The van der Waals surface area contributed by atoms with E-state index >= 15 is 0 Å². The summed E-state index contributed by atoms with van der Waals surface area (Å²) in [5.41, 5.74) is 0.890. The summed E-state index contributed by atoms with van der Waals surface area (Å²) < 4.78 is 0. The molecule has 1 N–H and O–H groups in total. The average molecular weight is 318 g/mol. The Morgan fingerprint density at radius 3 is 2.82 bits per heavy atom. The summed E-state index contributed by atoms with van der Waals surface area (Å²) >= 11 is 1.39. The van der Waals surface area contributed by atoms with E-state index in [1.807, 2.05) is 26.0 Å². The Morgan fingerprint density at radius 2 is 2.14 bits per heavy atom. The minimum atomic E-state index is -0.0685. The second-order valence-corrected chi connectivity index (χ2v) is 6.62. The summed E-state index contributed by atoms with van der Waals surface area (Å²) in [7, 11) is 0. The van der Waals surface area contributed by atoms with E-state index in [0.29, 0.717) is 11.7 Å². The number of hydrogen-bond acceptors (Lipinski definition) is 7. The third kappa shape index (κ3) is 3.38. The van der Waals surface area contributed by atoms with Crippen LogP contribution in [0.3, 0.4) is 0 Å². The molecule has 1 saturated heterocycles. The lowest BCUT2D eigenvalue weighted by atomic mass is 9.97. The van der Waals surface area contributed by atoms with Gasteiger partial charge >= 0.3 is 0 Å². The first-order valence-corrected chi connectivity index (χ1v) is 8.10. The Labute approximate surface area is 132 Å². The Kier molecular flexibility index (Phi) is 4.28. The average Bonchev–Trinajstić information content (AvgIpc) is 2.93. The van der Waals surface area contributed by atoms with E-state index in [-0.39, 0.29) is 11.8 Å². The molecule has 1 fully saturated rings. The number of amides is 1. The van der Waals surface area contributed by atoms with Crippen LogP contribution in [0.1, 0.15) is 23.5 Å². The van der Waals surface area contributed by atoms with E-state index in [2.05, 4.69) is 30.6 Å². The molecule has 2 aromatic heterocycles. The van der Waals surface area contributed by atoms with Crippen molar-refractivity contribution in [3.05, 3.63) is 22.8 Å². The van der Waals surface area contributed by atoms with E-state index in [1.54, 1.807) is 0 Å². The zero-order chi connectivity index (χ0) is 15.5. The molecule has 2 aromatic rings. The van der Waals surface area contributed by atoms with Crippen LogP contribution in [-0.2, 0) is 4.79 Å². The Balaban J connectivity index is 1.64. The van der Waals surface area contributed by atoms with Crippen molar-refractivity contribution < 1.29 is 4.79 Å². The van der Waals surface area contributed by atoms with Gasteiger partial charge in [-0.1, -0.05) is 11.3 Å². The van der Waals surface area contributed by atoms with E-state index in [9.17, 15) is 4.79 Å². The van der Waals surface area contributed by atoms with Gasteiger partial charge < -0.3 is 10.2 Å². The summed E-state index contributed by atoms with van der Waals surface area (Å²) in [5.74, 6) is 0.761. The number of carbonyl (C=O) groups excluding carboxylic acids is 1. The number of nitrogens with one attached hydrogen (secondary N) is 1. The molecule has 3 rings (SSSR count). The van der Waals surface area contributed by atoms with Gasteiger partial charge in [-0.25, -0.2) is 0 Å². The molecule has 1 aliphatic heterocycles. The predicted octanol–water partition coefficient (Wildman–Crippen LogP) is 1.80. The van der Waals surface area contributed by atoms with E-state index in [1.165, 1.54) is 11.3 Å². The fraction of sp³-hybridized carbons (Fsp3) is 0.500. The fourth-order valence-corrected chi connectivity index (χ4v) is 3.11. The van der Waals surface area contributed by atoms with Crippen molar-refractivity contribution >= 4 is 28.2 Å². The molecule has 0 bridgehead atoms. The first-order chi connectivity index (χ1) is 10.6. The van der Waals surface area contributed by atoms with Crippen LogP contribution in [-0.4, -0.2) is 39.4 Å². The largest absolute Gasteiger partial charge is 0.354 e. The minimum Gasteiger partial charge on any atom is -0.354 e. The number of hydrogen-bond donors (Lipinski definition) is 1. The van der Waals surface area contributed by atoms with Gasteiger partial charge in [0.25, 0.3) is 0 Å². The van der Waals surface area contributed by atoms with Crippen molar-refractivity contribution in [1.29, 1.82) is 0 Å². The predicted molar refractivity (Wildman–Crippen MR) is 85.0 cm³/mol. The van der Waals surface area contributed by atoms with Gasteiger partial charge in [0.05, 0.1) is 11.6 Å². The van der Waals surface area contributed by atoms with Gasteiger partial charge in [0, 0.05) is 13.1 Å². The third-order valence-electron chi connectivity index (χ3n) is 3.66. The Hall–Kier alpha value is -2.09. The molecule has 1 unspecified atom stereocenters. The molecular formula is C14H18N6OS. The monoisotopic (exact) mass is 318 g/mol. The van der Waals surface area contributed by atoms with Gasteiger partial charge in [0.2, 0.25) is 11.0 Å². The summed E-state index contributed by atoms with van der Waals surface area (Å²) in [6, 6.07) is 3.90. The van der Waals surface area contributed by atoms with E-state index in [0.717, 1.165) is 35.9 Å². The fourth-order valence-electron chi connectivity index (χ4n) is 2.51. The molecule has 3 heterocycles. The molecule has 1 aliphatic rings. The van der Waals surface area contributed by atoms with Crippen LogP contribution < -0.4 is 10.2 Å². The van der Waals surface area contributed by atoms with Gasteiger partial charge in [0.15, 0.2) is 5.82 Å². The maximum atomic E-state index is 12.4. The number of aromatic nitrogens is 4. The molecular weight excluding hydrogens is 300 g/mol. The normalized spacial score (nSPS) is 18.3. The van der Waals surface area contributed by atoms with E-state index in [4.69, 9.17) is 0 Å². The van der Waals surface area contributed by atoms with Crippen LogP contribution in [0.2, 0.25) is 0 Å². The number of piperidine rings is 1. The molecule has 8 heteroatoms. The van der Waals surface area contributed by atoms with Gasteiger partial charge in [-0.15, -0.1) is 15.3 Å². The minimum absolute atomic E-state index is 0.000853. The first-order valence-electron chi connectivity index (χ1n) is 7.28. The molecule has 22 heavy (non-hydrogen) atoms. The van der Waals surface area contributed by atoms with Gasteiger partial charge in [-0.2, -0.15) is 5.10 Å². The summed E-state index contributed by atoms with van der Waals surface area (Å²) in [6.45, 7) is 5.33. The standard InChI is InChI=1S/C14H18N6OS/c1-9-5-6-12(18-16-9)20-7-3-4-11(8-20)13(21)15-14-19-17-10(2)22-14/h5-6,11H,3-4,7-8H2,1-2H3,(H,15,19,21). The maximum Gasteiger partial charge on any atom is 0.231 e. The van der Waals surface area contributed by atoms with E-state index < -0.39 is 0 Å². The van der Waals surface area contributed by atoms with Crippen LogP contribution >= 0.6 is 11.3 Å². The Morgan fingerprint density at radius 1 is 1.27 bits per heavy atom. The number of carbonyl (C=O) groups is 1. The second-order valence-electron chi connectivity index (χ2n) is 5.43. The van der Waals surface area contributed by atoms with Gasteiger partial charge in [-0.3, -0.25) is 4.79 Å². The Bertz CT molecular complexity index is 656. The van der Waals surface area contributed by atoms with Crippen molar-refractivity contribution in [2.24, 2.45) is 5.92 Å². The highest BCUT2D eigenvalue weighted by atomic mass is 32.1. The van der Waals surface area contributed by atoms with Gasteiger partial charge in [-0.05, 0) is 38.8 Å².